The molecule has 0 radical (unpaired) electrons. The van der Waals surface area contributed by atoms with Crippen LogP contribution in [-0.2, 0) is 0 Å². The molecule has 112 valence electrons. The molecule has 3 nitrogen and oxygen atoms in total. The van der Waals surface area contributed by atoms with E-state index in [2.05, 4.69) is 25.2 Å². The van der Waals surface area contributed by atoms with Gasteiger partial charge in [-0.15, -0.1) is 0 Å². The smallest absolute Gasteiger partial charge is 0.127 e. The Morgan fingerprint density at radius 2 is 1.95 bits per heavy atom. The summed E-state index contributed by atoms with van der Waals surface area (Å²) >= 11 is 0. The average molecular weight is 277 g/mol. The molecule has 1 aliphatic rings. The van der Waals surface area contributed by atoms with E-state index in [1.54, 1.807) is 14.2 Å². The molecule has 2 atom stereocenters. The summed E-state index contributed by atoms with van der Waals surface area (Å²) < 4.78 is 10.7. The van der Waals surface area contributed by atoms with Gasteiger partial charge in [0.2, 0.25) is 0 Å². The topological polar surface area (TPSA) is 30.5 Å². The minimum absolute atomic E-state index is 0.283. The van der Waals surface area contributed by atoms with Gasteiger partial charge in [0.15, 0.2) is 0 Å². The average Bonchev–Trinajstić information content (AvgIpc) is 2.42. The van der Waals surface area contributed by atoms with Crippen LogP contribution in [0.5, 0.6) is 11.5 Å². The third-order valence-electron chi connectivity index (χ3n) is 4.35. The van der Waals surface area contributed by atoms with E-state index in [9.17, 15) is 0 Å². The minimum atomic E-state index is 0.283. The monoisotopic (exact) mass is 277 g/mol. The van der Waals surface area contributed by atoms with E-state index in [0.29, 0.717) is 6.04 Å². The molecular formula is C17H27NO2. The Balaban J connectivity index is 1.98. The van der Waals surface area contributed by atoms with Crippen LogP contribution in [0.2, 0.25) is 0 Å². The predicted octanol–water partition coefficient (Wildman–Crippen LogP) is 3.93. The first-order chi connectivity index (χ1) is 9.63. The van der Waals surface area contributed by atoms with Gasteiger partial charge in [-0.25, -0.2) is 0 Å². The van der Waals surface area contributed by atoms with Gasteiger partial charge in [-0.3, -0.25) is 0 Å². The molecule has 2 unspecified atom stereocenters. The van der Waals surface area contributed by atoms with Crippen molar-refractivity contribution in [1.29, 1.82) is 0 Å². The second kappa shape index (κ2) is 6.98. The summed E-state index contributed by atoms with van der Waals surface area (Å²) in [5, 5.41) is 3.69. The highest BCUT2D eigenvalue weighted by atomic mass is 16.5. The normalized spacial score (nSPS) is 18.2. The Labute approximate surface area is 122 Å². The molecule has 20 heavy (non-hydrogen) atoms. The number of nitrogens with one attached hydrogen (secondary N) is 1. The van der Waals surface area contributed by atoms with E-state index in [1.807, 2.05) is 12.1 Å². The zero-order valence-electron chi connectivity index (χ0n) is 13.1. The van der Waals surface area contributed by atoms with Gasteiger partial charge >= 0.3 is 0 Å². The van der Waals surface area contributed by atoms with E-state index in [-0.39, 0.29) is 6.04 Å². The number of ether oxygens (including phenoxy) is 2. The lowest BCUT2D eigenvalue weighted by atomic mass is 9.81. The fourth-order valence-electron chi connectivity index (χ4n) is 2.99. The molecule has 0 amide bonds. The quantitative estimate of drug-likeness (QED) is 0.819. The van der Waals surface area contributed by atoms with Crippen LogP contribution < -0.4 is 14.8 Å². The molecule has 2 rings (SSSR count). The number of hydrogen-bond acceptors (Lipinski definition) is 3. The second-order valence-corrected chi connectivity index (χ2v) is 5.93. The summed E-state index contributed by atoms with van der Waals surface area (Å²) in [6.07, 6.45) is 5.51. The molecule has 1 saturated carbocycles. The first-order valence-corrected chi connectivity index (χ1v) is 7.62. The predicted molar refractivity (Wildman–Crippen MR) is 82.5 cm³/mol. The Hall–Kier alpha value is -1.22. The minimum Gasteiger partial charge on any atom is -0.497 e. The Kier molecular flexibility index (Phi) is 5.30. The molecule has 0 spiro atoms. The van der Waals surface area contributed by atoms with E-state index in [0.717, 1.165) is 17.4 Å². The standard InChI is InChI=1S/C17H27NO2/c1-12(10-14-6-5-7-14)18-13(2)16-9-8-15(19-3)11-17(16)20-4/h8-9,11-14,18H,5-7,10H2,1-4H3. The summed E-state index contributed by atoms with van der Waals surface area (Å²) in [5.74, 6) is 2.66. The molecule has 1 aromatic carbocycles. The highest BCUT2D eigenvalue weighted by Crippen LogP contribution is 2.32. The van der Waals surface area contributed by atoms with Crippen molar-refractivity contribution < 1.29 is 9.47 Å². The highest BCUT2D eigenvalue weighted by Gasteiger charge is 2.21. The summed E-state index contributed by atoms with van der Waals surface area (Å²) in [6, 6.07) is 6.86. The molecule has 1 fully saturated rings. The van der Waals surface area contributed by atoms with Crippen LogP contribution in [0.1, 0.15) is 51.1 Å². The lowest BCUT2D eigenvalue weighted by Crippen LogP contribution is -2.32. The lowest BCUT2D eigenvalue weighted by molar-refractivity contribution is 0.259. The third kappa shape index (κ3) is 3.66. The van der Waals surface area contributed by atoms with Crippen molar-refractivity contribution >= 4 is 0 Å². The first-order valence-electron chi connectivity index (χ1n) is 7.62. The van der Waals surface area contributed by atoms with Crippen molar-refractivity contribution in [3.63, 3.8) is 0 Å². The van der Waals surface area contributed by atoms with Crippen LogP contribution >= 0.6 is 0 Å². The van der Waals surface area contributed by atoms with Crippen LogP contribution in [0.3, 0.4) is 0 Å². The van der Waals surface area contributed by atoms with Crippen molar-refractivity contribution in [2.24, 2.45) is 5.92 Å². The van der Waals surface area contributed by atoms with Crippen molar-refractivity contribution in [2.45, 2.75) is 51.6 Å². The molecule has 0 aliphatic heterocycles. The molecule has 0 saturated heterocycles. The number of hydrogen-bond donors (Lipinski definition) is 1. The summed E-state index contributed by atoms with van der Waals surface area (Å²) in [5.41, 5.74) is 1.19. The second-order valence-electron chi connectivity index (χ2n) is 5.93. The van der Waals surface area contributed by atoms with Crippen LogP contribution in [-0.4, -0.2) is 20.3 Å². The van der Waals surface area contributed by atoms with E-state index < -0.39 is 0 Å². The van der Waals surface area contributed by atoms with Crippen molar-refractivity contribution in [3.8, 4) is 11.5 Å². The van der Waals surface area contributed by atoms with E-state index >= 15 is 0 Å². The van der Waals surface area contributed by atoms with Gasteiger partial charge in [0, 0.05) is 23.7 Å². The van der Waals surface area contributed by atoms with Gasteiger partial charge in [0.25, 0.3) is 0 Å². The van der Waals surface area contributed by atoms with Gasteiger partial charge in [0.05, 0.1) is 14.2 Å². The zero-order chi connectivity index (χ0) is 14.5. The van der Waals surface area contributed by atoms with Crippen molar-refractivity contribution in [1.82, 2.24) is 5.32 Å². The van der Waals surface area contributed by atoms with Crippen LogP contribution in [0.15, 0.2) is 18.2 Å². The molecular weight excluding hydrogens is 250 g/mol. The lowest BCUT2D eigenvalue weighted by Gasteiger charge is -2.30. The fraction of sp³-hybridized carbons (Fsp3) is 0.647. The molecule has 1 aromatic rings. The largest absolute Gasteiger partial charge is 0.497 e. The molecule has 0 heterocycles. The van der Waals surface area contributed by atoms with Gasteiger partial charge in [-0.05, 0) is 32.3 Å². The van der Waals surface area contributed by atoms with Gasteiger partial charge < -0.3 is 14.8 Å². The molecule has 0 aromatic heterocycles. The molecule has 1 aliphatic carbocycles. The maximum absolute atomic E-state index is 5.48. The van der Waals surface area contributed by atoms with Crippen LogP contribution in [0.4, 0.5) is 0 Å². The van der Waals surface area contributed by atoms with Gasteiger partial charge in [-0.2, -0.15) is 0 Å². The molecule has 1 N–H and O–H groups in total. The summed E-state index contributed by atoms with van der Waals surface area (Å²) in [7, 11) is 3.39. The Morgan fingerprint density at radius 3 is 2.50 bits per heavy atom. The maximum Gasteiger partial charge on any atom is 0.127 e. The van der Waals surface area contributed by atoms with Crippen LogP contribution in [0.25, 0.3) is 0 Å². The SMILES string of the molecule is COc1ccc(C(C)NC(C)CC2CCC2)c(OC)c1. The highest BCUT2D eigenvalue weighted by molar-refractivity contribution is 5.42. The number of methoxy groups -OCH3 is 2. The number of rotatable bonds is 7. The summed E-state index contributed by atoms with van der Waals surface area (Å²) in [4.78, 5) is 0. The van der Waals surface area contributed by atoms with Gasteiger partial charge in [-0.1, -0.05) is 25.3 Å². The Bertz CT molecular complexity index is 429. The zero-order valence-corrected chi connectivity index (χ0v) is 13.1. The summed E-state index contributed by atoms with van der Waals surface area (Å²) in [6.45, 7) is 4.48. The van der Waals surface area contributed by atoms with Crippen LogP contribution in [0, 0.1) is 5.92 Å². The Morgan fingerprint density at radius 1 is 1.20 bits per heavy atom. The maximum atomic E-state index is 5.48. The van der Waals surface area contributed by atoms with Crippen molar-refractivity contribution in [2.75, 3.05) is 14.2 Å². The fourth-order valence-corrected chi connectivity index (χ4v) is 2.99. The van der Waals surface area contributed by atoms with Gasteiger partial charge in [0.1, 0.15) is 11.5 Å². The molecule has 0 bridgehead atoms. The van der Waals surface area contributed by atoms with E-state index in [4.69, 9.17) is 9.47 Å². The number of benzene rings is 1. The first kappa shape index (κ1) is 15.2. The van der Waals surface area contributed by atoms with Crippen molar-refractivity contribution in [3.05, 3.63) is 23.8 Å². The third-order valence-corrected chi connectivity index (χ3v) is 4.35. The van der Waals surface area contributed by atoms with E-state index in [1.165, 1.54) is 31.2 Å². The molecule has 3 heteroatoms.